The number of aromatic nitrogens is 2. The molecule has 2 aromatic rings. The molecule has 2 saturated heterocycles. The molecule has 0 atom stereocenters. The van der Waals surface area contributed by atoms with E-state index >= 15 is 0 Å². The van der Waals surface area contributed by atoms with Crippen molar-refractivity contribution in [1.82, 2.24) is 9.97 Å². The number of benzene rings is 1. The van der Waals surface area contributed by atoms with Crippen LogP contribution in [-0.4, -0.2) is 56.3 Å². The third-order valence-corrected chi connectivity index (χ3v) is 5.57. The van der Waals surface area contributed by atoms with Crippen LogP contribution in [0.25, 0.3) is 11.0 Å². The summed E-state index contributed by atoms with van der Waals surface area (Å²) in [6.45, 7) is 3.60. The first-order chi connectivity index (χ1) is 13.2. The Hall–Kier alpha value is -2.57. The third-order valence-electron chi connectivity index (χ3n) is 5.57. The first-order valence-corrected chi connectivity index (χ1v) is 9.63. The predicted molar refractivity (Wildman–Crippen MR) is 104 cm³/mol. The molecule has 1 aromatic carbocycles. The molecular weight excluding hydrogens is 344 g/mol. The number of fused-ring (bicyclic) bond motifs is 1. The van der Waals surface area contributed by atoms with Crippen LogP contribution in [-0.2, 0) is 9.53 Å². The summed E-state index contributed by atoms with van der Waals surface area (Å²) in [5.74, 6) is 2.53. The summed E-state index contributed by atoms with van der Waals surface area (Å²) in [4.78, 5) is 26.4. The number of carbonyl (C=O) groups is 1. The molecule has 3 heterocycles. The Morgan fingerprint density at radius 3 is 2.22 bits per heavy atom. The van der Waals surface area contributed by atoms with Gasteiger partial charge in [-0.05, 0) is 37.8 Å². The van der Waals surface area contributed by atoms with Crippen molar-refractivity contribution in [2.24, 2.45) is 5.92 Å². The van der Waals surface area contributed by atoms with Crippen molar-refractivity contribution in [2.45, 2.75) is 25.7 Å². The molecule has 2 aliphatic rings. The maximum Gasteiger partial charge on any atom is 0.308 e. The van der Waals surface area contributed by atoms with Crippen LogP contribution in [0.5, 0.6) is 5.75 Å². The van der Waals surface area contributed by atoms with Gasteiger partial charge in [0.1, 0.15) is 5.75 Å². The molecule has 0 spiro atoms. The molecule has 1 aromatic heterocycles. The van der Waals surface area contributed by atoms with Crippen LogP contribution in [0, 0.1) is 5.92 Å². The molecule has 0 aliphatic carbocycles. The number of hydrogen-bond donors (Lipinski definition) is 0. The van der Waals surface area contributed by atoms with E-state index in [4.69, 9.17) is 19.4 Å². The number of anilines is 2. The van der Waals surface area contributed by atoms with E-state index in [1.54, 1.807) is 7.11 Å². The molecule has 2 fully saturated rings. The second-order valence-corrected chi connectivity index (χ2v) is 7.20. The number of rotatable bonds is 4. The fourth-order valence-electron chi connectivity index (χ4n) is 3.99. The van der Waals surface area contributed by atoms with Gasteiger partial charge in [0.2, 0.25) is 0 Å². The maximum absolute atomic E-state index is 11.8. The second-order valence-electron chi connectivity index (χ2n) is 7.20. The molecule has 7 heteroatoms. The quantitative estimate of drug-likeness (QED) is 0.767. The van der Waals surface area contributed by atoms with Crippen LogP contribution in [0.1, 0.15) is 25.7 Å². The van der Waals surface area contributed by atoms with Gasteiger partial charge in [0, 0.05) is 32.2 Å². The number of carbonyl (C=O) groups excluding carboxylic acids is 1. The van der Waals surface area contributed by atoms with E-state index in [1.807, 2.05) is 18.2 Å². The van der Waals surface area contributed by atoms with Crippen LogP contribution >= 0.6 is 0 Å². The van der Waals surface area contributed by atoms with Crippen LogP contribution in [0.15, 0.2) is 18.2 Å². The molecule has 2 aliphatic heterocycles. The molecule has 0 bridgehead atoms. The van der Waals surface area contributed by atoms with E-state index in [0.717, 1.165) is 67.4 Å². The SMILES string of the molecule is COC(=O)C1CCN(c2nc3cc(OC)ccc3nc2N2CCCC2)CC1. The van der Waals surface area contributed by atoms with Gasteiger partial charge in [-0.1, -0.05) is 0 Å². The summed E-state index contributed by atoms with van der Waals surface area (Å²) in [5.41, 5.74) is 1.72. The molecule has 0 unspecified atom stereocenters. The molecule has 0 saturated carbocycles. The van der Waals surface area contributed by atoms with E-state index < -0.39 is 0 Å². The average molecular weight is 370 g/mol. The zero-order valence-corrected chi connectivity index (χ0v) is 16.0. The number of piperidine rings is 1. The van der Waals surface area contributed by atoms with E-state index in [-0.39, 0.29) is 11.9 Å². The lowest BCUT2D eigenvalue weighted by Crippen LogP contribution is -2.38. The summed E-state index contributed by atoms with van der Waals surface area (Å²) in [6, 6.07) is 5.82. The van der Waals surface area contributed by atoms with Gasteiger partial charge in [0.25, 0.3) is 0 Å². The van der Waals surface area contributed by atoms with Gasteiger partial charge < -0.3 is 19.3 Å². The summed E-state index contributed by atoms with van der Waals surface area (Å²) in [6.07, 6.45) is 3.94. The molecule has 27 heavy (non-hydrogen) atoms. The molecule has 0 N–H and O–H groups in total. The predicted octanol–water partition coefficient (Wildman–Crippen LogP) is 2.63. The van der Waals surface area contributed by atoms with E-state index in [0.29, 0.717) is 0 Å². The van der Waals surface area contributed by atoms with Crippen LogP contribution in [0.3, 0.4) is 0 Å². The fraction of sp³-hybridized carbons (Fsp3) is 0.550. The van der Waals surface area contributed by atoms with Gasteiger partial charge in [0.15, 0.2) is 11.6 Å². The van der Waals surface area contributed by atoms with E-state index in [9.17, 15) is 4.79 Å². The monoisotopic (exact) mass is 370 g/mol. The van der Waals surface area contributed by atoms with Crippen molar-refractivity contribution in [3.63, 3.8) is 0 Å². The highest BCUT2D eigenvalue weighted by atomic mass is 16.5. The molecule has 144 valence electrons. The number of ether oxygens (including phenoxy) is 2. The first kappa shape index (κ1) is 17.8. The maximum atomic E-state index is 11.8. The Labute approximate surface area is 159 Å². The van der Waals surface area contributed by atoms with Gasteiger partial charge in [-0.2, -0.15) is 0 Å². The summed E-state index contributed by atoms with van der Waals surface area (Å²) in [5, 5.41) is 0. The summed E-state index contributed by atoms with van der Waals surface area (Å²) < 4.78 is 10.3. The lowest BCUT2D eigenvalue weighted by molar-refractivity contribution is -0.146. The zero-order valence-electron chi connectivity index (χ0n) is 16.0. The topological polar surface area (TPSA) is 67.8 Å². The molecular formula is C20H26N4O3. The molecule has 7 nitrogen and oxygen atoms in total. The van der Waals surface area contributed by atoms with E-state index in [2.05, 4.69) is 9.80 Å². The highest BCUT2D eigenvalue weighted by Crippen LogP contribution is 2.34. The van der Waals surface area contributed by atoms with Gasteiger partial charge in [0.05, 0.1) is 31.2 Å². The minimum atomic E-state index is -0.108. The van der Waals surface area contributed by atoms with Crippen LogP contribution in [0.2, 0.25) is 0 Å². The summed E-state index contributed by atoms with van der Waals surface area (Å²) in [7, 11) is 3.12. The first-order valence-electron chi connectivity index (χ1n) is 9.63. The van der Waals surface area contributed by atoms with Crippen molar-refractivity contribution in [3.8, 4) is 5.75 Å². The summed E-state index contributed by atoms with van der Waals surface area (Å²) >= 11 is 0. The lowest BCUT2D eigenvalue weighted by Gasteiger charge is -2.34. The van der Waals surface area contributed by atoms with Crippen LogP contribution in [0.4, 0.5) is 11.6 Å². The highest BCUT2D eigenvalue weighted by Gasteiger charge is 2.29. The van der Waals surface area contributed by atoms with Gasteiger partial charge in [-0.15, -0.1) is 0 Å². The van der Waals surface area contributed by atoms with Crippen molar-refractivity contribution < 1.29 is 14.3 Å². The van der Waals surface area contributed by atoms with Gasteiger partial charge >= 0.3 is 5.97 Å². The van der Waals surface area contributed by atoms with Crippen LogP contribution < -0.4 is 14.5 Å². The Morgan fingerprint density at radius 2 is 1.59 bits per heavy atom. The normalized spacial score (nSPS) is 18.1. The highest BCUT2D eigenvalue weighted by molar-refractivity contribution is 5.82. The molecule has 4 rings (SSSR count). The lowest BCUT2D eigenvalue weighted by atomic mass is 9.97. The molecule has 0 amide bonds. The fourth-order valence-corrected chi connectivity index (χ4v) is 3.99. The smallest absolute Gasteiger partial charge is 0.308 e. The van der Waals surface area contributed by atoms with Crippen molar-refractivity contribution in [1.29, 1.82) is 0 Å². The van der Waals surface area contributed by atoms with Crippen molar-refractivity contribution in [3.05, 3.63) is 18.2 Å². The standard InChI is InChI=1S/C20H26N4O3/c1-26-15-5-6-16-17(13-15)22-19(18(21-16)23-9-3-4-10-23)24-11-7-14(8-12-24)20(25)27-2/h5-6,13-14H,3-4,7-12H2,1-2H3. The minimum Gasteiger partial charge on any atom is -0.497 e. The van der Waals surface area contributed by atoms with E-state index in [1.165, 1.54) is 20.0 Å². The largest absolute Gasteiger partial charge is 0.497 e. The number of hydrogen-bond acceptors (Lipinski definition) is 7. The second kappa shape index (κ2) is 7.58. The Kier molecular flexibility index (Phi) is 5.01. The average Bonchev–Trinajstić information content (AvgIpc) is 3.26. The molecule has 0 radical (unpaired) electrons. The Morgan fingerprint density at radius 1 is 0.963 bits per heavy atom. The zero-order chi connectivity index (χ0) is 18.8. The Bertz CT molecular complexity index is 827. The van der Waals surface area contributed by atoms with Crippen molar-refractivity contribution >= 4 is 28.6 Å². The van der Waals surface area contributed by atoms with Crippen molar-refractivity contribution in [2.75, 3.05) is 50.2 Å². The number of esters is 1. The minimum absolute atomic E-state index is 0.0185. The number of nitrogens with zero attached hydrogens (tertiary/aromatic N) is 4. The number of methoxy groups -OCH3 is 2. The Balaban J connectivity index is 1.68. The third kappa shape index (κ3) is 3.50. The van der Waals surface area contributed by atoms with Gasteiger partial charge in [-0.25, -0.2) is 9.97 Å². The van der Waals surface area contributed by atoms with Gasteiger partial charge in [-0.3, -0.25) is 4.79 Å².